The minimum atomic E-state index is -0.533. The number of hydrogen-bond donors (Lipinski definition) is 1. The summed E-state index contributed by atoms with van der Waals surface area (Å²) in [7, 11) is 0. The molecule has 1 N–H and O–H groups in total. The zero-order valence-electron chi connectivity index (χ0n) is 21.2. The van der Waals surface area contributed by atoms with Gasteiger partial charge in [-0.2, -0.15) is 9.78 Å². The number of anilines is 1. The zero-order chi connectivity index (χ0) is 27.9. The Bertz CT molecular complexity index is 1610. The molecule has 0 bridgehead atoms. The second kappa shape index (κ2) is 13.2. The number of nitrogens with zero attached hydrogens (tertiary/aromatic N) is 3. The fourth-order valence-corrected chi connectivity index (χ4v) is 4.92. The lowest BCUT2D eigenvalue weighted by atomic mass is 10.2. The third-order valence-corrected chi connectivity index (χ3v) is 6.79. The molecule has 202 valence electrons. The number of ether oxygens (including phenoxy) is 2. The number of nitrogens with one attached hydrogen (secondary N) is 1. The highest BCUT2D eigenvalue weighted by atomic mass is 127. The number of aryl methyl sites for hydroxylation is 1. The summed E-state index contributed by atoms with van der Waals surface area (Å²) in [6.45, 7) is 3.86. The van der Waals surface area contributed by atoms with Crippen LogP contribution < -0.4 is 20.3 Å². The largest absolute Gasteiger partial charge is 0.490 e. The first-order chi connectivity index (χ1) is 18.8. The molecule has 0 atom stereocenters. The van der Waals surface area contributed by atoms with Crippen molar-refractivity contribution in [3.8, 4) is 11.5 Å². The maximum Gasteiger partial charge on any atom is 0.282 e. The Kier molecular flexibility index (Phi) is 9.68. The van der Waals surface area contributed by atoms with E-state index in [0.717, 1.165) is 10.9 Å². The van der Waals surface area contributed by atoms with E-state index in [1.54, 1.807) is 42.6 Å². The molecule has 0 fully saturated rings. The number of rotatable bonds is 10. The molecule has 3 aromatic carbocycles. The normalized spacial score (nSPS) is 11.2. The smallest absolute Gasteiger partial charge is 0.282 e. The van der Waals surface area contributed by atoms with Crippen molar-refractivity contribution in [1.29, 1.82) is 0 Å². The van der Waals surface area contributed by atoms with E-state index >= 15 is 0 Å². The van der Waals surface area contributed by atoms with Crippen LogP contribution in [0.5, 0.6) is 11.5 Å². The standard InChI is InChI=1S/C28H25BrFIN4O4/c1-3-7-25-33-22-11-10-18(29)14-19(22)28(37)35(25)32-15-17-12-21(31)27(24(13-17)38-4-2)39-16-26(36)34-23-9-6-5-8-20(23)30/h5-6,8-15H,3-4,7,16H2,1-2H3,(H,34,36). The summed E-state index contributed by atoms with van der Waals surface area (Å²) in [5.41, 5.74) is 1.09. The van der Waals surface area contributed by atoms with Gasteiger partial charge in [-0.15, -0.1) is 0 Å². The number of halogens is 3. The summed E-state index contributed by atoms with van der Waals surface area (Å²) in [6, 6.07) is 14.8. The number of para-hydroxylation sites is 1. The molecule has 0 aliphatic carbocycles. The Morgan fingerprint density at radius 3 is 2.72 bits per heavy atom. The van der Waals surface area contributed by atoms with Crippen molar-refractivity contribution in [3.05, 3.63) is 90.2 Å². The number of amides is 1. The van der Waals surface area contributed by atoms with Crippen LogP contribution in [0.4, 0.5) is 10.1 Å². The first-order valence-corrected chi connectivity index (χ1v) is 14.1. The van der Waals surface area contributed by atoms with Gasteiger partial charge in [-0.1, -0.05) is 35.0 Å². The van der Waals surface area contributed by atoms with Crippen LogP contribution in [0.3, 0.4) is 0 Å². The van der Waals surface area contributed by atoms with Crippen molar-refractivity contribution in [2.24, 2.45) is 5.10 Å². The lowest BCUT2D eigenvalue weighted by Crippen LogP contribution is -2.22. The van der Waals surface area contributed by atoms with Gasteiger partial charge in [0.2, 0.25) is 0 Å². The highest BCUT2D eigenvalue weighted by molar-refractivity contribution is 14.1. The van der Waals surface area contributed by atoms with Crippen molar-refractivity contribution < 1.29 is 18.7 Å². The topological polar surface area (TPSA) is 94.8 Å². The van der Waals surface area contributed by atoms with Gasteiger partial charge in [-0.25, -0.2) is 9.37 Å². The second-order valence-corrected chi connectivity index (χ2v) is 10.5. The molecule has 1 aromatic heterocycles. The molecule has 4 aromatic rings. The Labute approximate surface area is 246 Å². The molecule has 39 heavy (non-hydrogen) atoms. The SMILES string of the molecule is CCCc1nc2ccc(Br)cc2c(=O)n1N=Cc1cc(I)c(OCC(=O)Nc2ccccc2F)c(OCC)c1. The van der Waals surface area contributed by atoms with Gasteiger partial charge in [0.1, 0.15) is 11.6 Å². The van der Waals surface area contributed by atoms with Gasteiger partial charge in [0.15, 0.2) is 18.1 Å². The van der Waals surface area contributed by atoms with Crippen LogP contribution >= 0.6 is 38.5 Å². The van der Waals surface area contributed by atoms with Gasteiger partial charge in [-0.3, -0.25) is 9.59 Å². The number of carbonyl (C=O) groups is 1. The number of carbonyl (C=O) groups excluding carboxylic acids is 1. The molecule has 1 amide bonds. The monoisotopic (exact) mass is 706 g/mol. The van der Waals surface area contributed by atoms with Crippen LogP contribution in [-0.2, 0) is 11.2 Å². The van der Waals surface area contributed by atoms with Crippen LogP contribution in [0.2, 0.25) is 0 Å². The predicted molar refractivity (Wildman–Crippen MR) is 162 cm³/mol. The molecule has 0 saturated carbocycles. The predicted octanol–water partition coefficient (Wildman–Crippen LogP) is 6.15. The quantitative estimate of drug-likeness (QED) is 0.158. The maximum absolute atomic E-state index is 13.9. The minimum Gasteiger partial charge on any atom is -0.490 e. The minimum absolute atomic E-state index is 0.0746. The van der Waals surface area contributed by atoms with Crippen LogP contribution in [0.15, 0.2) is 69.0 Å². The molecule has 11 heteroatoms. The summed E-state index contributed by atoms with van der Waals surface area (Å²) in [4.78, 5) is 30.3. The fourth-order valence-electron chi connectivity index (χ4n) is 3.78. The van der Waals surface area contributed by atoms with Crippen molar-refractivity contribution in [2.75, 3.05) is 18.5 Å². The van der Waals surface area contributed by atoms with E-state index in [0.29, 0.717) is 50.4 Å². The van der Waals surface area contributed by atoms with E-state index in [1.165, 1.54) is 16.8 Å². The van der Waals surface area contributed by atoms with Gasteiger partial charge in [-0.05, 0) is 84.0 Å². The van der Waals surface area contributed by atoms with Crippen molar-refractivity contribution >= 4 is 67.2 Å². The second-order valence-electron chi connectivity index (χ2n) is 8.38. The third-order valence-electron chi connectivity index (χ3n) is 5.50. The molecular weight excluding hydrogens is 682 g/mol. The third kappa shape index (κ3) is 7.01. The van der Waals surface area contributed by atoms with Crippen LogP contribution in [-0.4, -0.2) is 35.0 Å². The van der Waals surface area contributed by atoms with Crippen LogP contribution in [0.1, 0.15) is 31.7 Å². The molecule has 0 aliphatic heterocycles. The van der Waals surface area contributed by atoms with E-state index in [2.05, 4.69) is 53.9 Å². The number of benzene rings is 3. The van der Waals surface area contributed by atoms with Crippen molar-refractivity contribution in [2.45, 2.75) is 26.7 Å². The lowest BCUT2D eigenvalue weighted by molar-refractivity contribution is -0.118. The van der Waals surface area contributed by atoms with Crippen LogP contribution in [0, 0.1) is 9.39 Å². The van der Waals surface area contributed by atoms with Gasteiger partial charge < -0.3 is 14.8 Å². The molecule has 0 aliphatic rings. The average Bonchev–Trinajstić information content (AvgIpc) is 2.90. The van der Waals surface area contributed by atoms with E-state index < -0.39 is 11.7 Å². The van der Waals surface area contributed by atoms with Gasteiger partial charge in [0.25, 0.3) is 11.5 Å². The van der Waals surface area contributed by atoms with Crippen LogP contribution in [0.25, 0.3) is 10.9 Å². The number of fused-ring (bicyclic) bond motifs is 1. The fraction of sp³-hybridized carbons (Fsp3) is 0.214. The van der Waals surface area contributed by atoms with E-state index in [4.69, 9.17) is 9.47 Å². The Morgan fingerprint density at radius 1 is 1.18 bits per heavy atom. The Balaban J connectivity index is 1.61. The highest BCUT2D eigenvalue weighted by Crippen LogP contribution is 2.34. The molecule has 0 radical (unpaired) electrons. The molecule has 1 heterocycles. The molecule has 0 spiro atoms. The Hall–Kier alpha value is -3.32. The Morgan fingerprint density at radius 2 is 1.97 bits per heavy atom. The summed E-state index contributed by atoms with van der Waals surface area (Å²) >= 11 is 5.49. The summed E-state index contributed by atoms with van der Waals surface area (Å²) in [5.74, 6) is 0.302. The van der Waals surface area contributed by atoms with Gasteiger partial charge in [0.05, 0.1) is 33.0 Å². The van der Waals surface area contributed by atoms with Gasteiger partial charge in [0, 0.05) is 10.9 Å². The summed E-state index contributed by atoms with van der Waals surface area (Å²) in [6.07, 6.45) is 2.94. The number of aromatic nitrogens is 2. The molecule has 4 rings (SSSR count). The van der Waals surface area contributed by atoms with E-state index in [1.807, 2.05) is 19.9 Å². The first kappa shape index (κ1) is 28.7. The van der Waals surface area contributed by atoms with E-state index in [9.17, 15) is 14.0 Å². The summed E-state index contributed by atoms with van der Waals surface area (Å²) in [5, 5.41) is 7.43. The number of hydrogen-bond acceptors (Lipinski definition) is 6. The lowest BCUT2D eigenvalue weighted by Gasteiger charge is -2.15. The molecule has 0 saturated heterocycles. The van der Waals surface area contributed by atoms with E-state index in [-0.39, 0.29) is 17.9 Å². The zero-order valence-corrected chi connectivity index (χ0v) is 25.0. The summed E-state index contributed by atoms with van der Waals surface area (Å²) < 4.78 is 28.1. The van der Waals surface area contributed by atoms with Crippen molar-refractivity contribution in [3.63, 3.8) is 0 Å². The highest BCUT2D eigenvalue weighted by Gasteiger charge is 2.15. The molecular formula is C28H25BrFIN4O4. The molecule has 8 nitrogen and oxygen atoms in total. The molecule has 0 unspecified atom stereocenters. The maximum atomic E-state index is 13.9. The first-order valence-electron chi connectivity index (χ1n) is 12.2. The van der Waals surface area contributed by atoms with Crippen molar-refractivity contribution in [1.82, 2.24) is 9.66 Å². The van der Waals surface area contributed by atoms with Gasteiger partial charge >= 0.3 is 0 Å². The average molecular weight is 707 g/mol.